The van der Waals surface area contributed by atoms with E-state index >= 15 is 0 Å². The Morgan fingerprint density at radius 2 is 2.03 bits per heavy atom. The molecule has 1 aliphatic heterocycles. The highest BCUT2D eigenvalue weighted by atomic mass is 16.2. The van der Waals surface area contributed by atoms with Gasteiger partial charge in [-0.1, -0.05) is 12.8 Å². The molecule has 10 nitrogen and oxygen atoms in total. The highest BCUT2D eigenvalue weighted by Gasteiger charge is 2.35. The Bertz CT molecular complexity index is 1120. The van der Waals surface area contributed by atoms with E-state index in [0.717, 1.165) is 50.7 Å². The Kier molecular flexibility index (Phi) is 5.92. The Balaban J connectivity index is 1.39. The van der Waals surface area contributed by atoms with Crippen LogP contribution >= 0.6 is 0 Å². The molecule has 0 radical (unpaired) electrons. The van der Waals surface area contributed by atoms with Crippen molar-refractivity contribution in [2.45, 2.75) is 76.5 Å². The molecular weight excluding hydrogens is 418 g/mol. The van der Waals surface area contributed by atoms with E-state index in [4.69, 9.17) is 15.7 Å². The lowest BCUT2D eigenvalue weighted by atomic mass is 9.91. The van der Waals surface area contributed by atoms with Crippen LogP contribution in [0.5, 0.6) is 0 Å². The van der Waals surface area contributed by atoms with Gasteiger partial charge in [0.15, 0.2) is 5.82 Å². The van der Waals surface area contributed by atoms with Gasteiger partial charge in [0, 0.05) is 37.1 Å². The van der Waals surface area contributed by atoms with Crippen molar-refractivity contribution in [1.82, 2.24) is 29.2 Å². The summed E-state index contributed by atoms with van der Waals surface area (Å²) in [4.78, 5) is 29.2. The van der Waals surface area contributed by atoms with Crippen LogP contribution < -0.4 is 21.3 Å². The first-order valence-corrected chi connectivity index (χ1v) is 12.0. The Morgan fingerprint density at radius 3 is 2.82 bits per heavy atom. The molecule has 2 aliphatic rings. The summed E-state index contributed by atoms with van der Waals surface area (Å²) in [5, 5.41) is 6.54. The molecule has 0 unspecified atom stereocenters. The Morgan fingerprint density at radius 1 is 1.18 bits per heavy atom. The number of nitrogens with two attached hydrogens (primary N) is 1. The molecule has 176 valence electrons. The van der Waals surface area contributed by atoms with Crippen LogP contribution in [0.25, 0.3) is 5.65 Å². The van der Waals surface area contributed by atoms with E-state index in [-0.39, 0.29) is 24.0 Å². The van der Waals surface area contributed by atoms with Gasteiger partial charge < -0.3 is 25.8 Å². The number of fused-ring (bicyclic) bond motifs is 1. The number of amides is 1. The van der Waals surface area contributed by atoms with Gasteiger partial charge in [0.25, 0.3) is 0 Å². The molecule has 2 fully saturated rings. The van der Waals surface area contributed by atoms with Gasteiger partial charge in [-0.15, -0.1) is 0 Å². The van der Waals surface area contributed by atoms with E-state index in [9.17, 15) is 4.79 Å². The van der Waals surface area contributed by atoms with E-state index in [1.54, 1.807) is 6.33 Å². The van der Waals surface area contributed by atoms with Gasteiger partial charge in [0.1, 0.15) is 11.7 Å². The van der Waals surface area contributed by atoms with Crippen molar-refractivity contribution in [3.05, 3.63) is 30.9 Å². The second kappa shape index (κ2) is 9.01. The zero-order valence-electron chi connectivity index (χ0n) is 19.3. The summed E-state index contributed by atoms with van der Waals surface area (Å²) in [6.45, 7) is 4.96. The Labute approximate surface area is 193 Å². The fourth-order valence-corrected chi connectivity index (χ4v) is 4.83. The number of carbonyl (C=O) groups is 1. The summed E-state index contributed by atoms with van der Waals surface area (Å²) >= 11 is 0. The van der Waals surface area contributed by atoms with Crippen molar-refractivity contribution in [2.75, 3.05) is 16.8 Å². The minimum absolute atomic E-state index is 0.0268. The zero-order chi connectivity index (χ0) is 22.9. The SMILES string of the molecule is CC(C)n1cnc(Nc2nc(N3CCC[C@H]3C(=O)N[C@@H]3CCCC[C@H]3N)nc3cccn23)c1. The van der Waals surface area contributed by atoms with Crippen LogP contribution in [-0.2, 0) is 4.79 Å². The Hall–Kier alpha value is -3.14. The van der Waals surface area contributed by atoms with Crippen molar-refractivity contribution >= 4 is 29.3 Å². The second-order valence-corrected chi connectivity index (χ2v) is 9.42. The molecule has 1 amide bonds. The predicted molar refractivity (Wildman–Crippen MR) is 128 cm³/mol. The first-order valence-electron chi connectivity index (χ1n) is 12.0. The maximum absolute atomic E-state index is 13.2. The van der Waals surface area contributed by atoms with Gasteiger partial charge in [-0.2, -0.15) is 9.97 Å². The molecule has 0 bridgehead atoms. The summed E-state index contributed by atoms with van der Waals surface area (Å²) in [6.07, 6.45) is 11.6. The number of nitrogens with zero attached hydrogens (tertiary/aromatic N) is 6. The smallest absolute Gasteiger partial charge is 0.243 e. The van der Waals surface area contributed by atoms with Crippen LogP contribution in [0.3, 0.4) is 0 Å². The molecule has 1 saturated heterocycles. The van der Waals surface area contributed by atoms with Crippen LogP contribution in [0.4, 0.5) is 17.7 Å². The van der Waals surface area contributed by atoms with Crippen molar-refractivity contribution < 1.29 is 4.79 Å². The van der Waals surface area contributed by atoms with E-state index in [0.29, 0.717) is 23.8 Å². The molecule has 1 saturated carbocycles. The summed E-state index contributed by atoms with van der Waals surface area (Å²) in [6, 6.07) is 3.99. The minimum atomic E-state index is -0.287. The number of hydrogen-bond donors (Lipinski definition) is 3. The molecule has 1 aliphatic carbocycles. The molecule has 4 N–H and O–H groups in total. The summed E-state index contributed by atoms with van der Waals surface area (Å²) < 4.78 is 3.93. The fraction of sp³-hybridized carbons (Fsp3) is 0.565. The molecule has 0 aromatic carbocycles. The predicted octanol–water partition coefficient (Wildman–Crippen LogP) is 2.61. The molecule has 3 aromatic rings. The molecule has 5 rings (SSSR count). The molecule has 4 heterocycles. The van der Waals surface area contributed by atoms with Crippen molar-refractivity contribution in [1.29, 1.82) is 0 Å². The highest BCUT2D eigenvalue weighted by molar-refractivity contribution is 5.85. The second-order valence-electron chi connectivity index (χ2n) is 9.42. The lowest BCUT2D eigenvalue weighted by molar-refractivity contribution is -0.123. The van der Waals surface area contributed by atoms with Crippen LogP contribution in [0, 0.1) is 0 Å². The summed E-state index contributed by atoms with van der Waals surface area (Å²) in [5.74, 6) is 1.91. The van der Waals surface area contributed by atoms with E-state index < -0.39 is 0 Å². The first kappa shape index (κ1) is 21.7. The van der Waals surface area contributed by atoms with E-state index in [2.05, 4.69) is 29.5 Å². The maximum Gasteiger partial charge on any atom is 0.243 e. The summed E-state index contributed by atoms with van der Waals surface area (Å²) in [5.41, 5.74) is 7.03. The van der Waals surface area contributed by atoms with Gasteiger partial charge >= 0.3 is 0 Å². The quantitative estimate of drug-likeness (QED) is 0.527. The lowest BCUT2D eigenvalue weighted by Gasteiger charge is -2.32. The fourth-order valence-electron chi connectivity index (χ4n) is 4.83. The molecule has 0 spiro atoms. The number of anilines is 3. The number of nitrogens with one attached hydrogen (secondary N) is 2. The molecule has 10 heteroatoms. The lowest BCUT2D eigenvalue weighted by Crippen LogP contribution is -2.54. The van der Waals surface area contributed by atoms with Crippen molar-refractivity contribution in [3.63, 3.8) is 0 Å². The largest absolute Gasteiger partial charge is 0.350 e. The first-order chi connectivity index (χ1) is 16.0. The topological polar surface area (TPSA) is 118 Å². The standard InChI is InChI=1S/C23H33N9O/c1-15(2)30-13-19(25-14-30)27-22-29-23(28-20-10-6-12-32(20)22)31-11-5-9-18(31)21(33)26-17-8-4-3-7-16(17)24/h6,10,12-18H,3-5,7-9,11,24H2,1-2H3,(H,26,33)(H,27,28,29)/t16-,17-,18+/m1/s1. The van der Waals surface area contributed by atoms with Gasteiger partial charge in [-0.3, -0.25) is 9.20 Å². The van der Waals surface area contributed by atoms with Crippen LogP contribution in [0.1, 0.15) is 58.4 Å². The number of hydrogen-bond acceptors (Lipinski definition) is 7. The normalized spacial score (nSPS) is 23.4. The highest BCUT2D eigenvalue weighted by Crippen LogP contribution is 2.27. The van der Waals surface area contributed by atoms with Crippen LogP contribution in [0.2, 0.25) is 0 Å². The third-order valence-electron chi connectivity index (χ3n) is 6.77. The van der Waals surface area contributed by atoms with Gasteiger partial charge in [-0.05, 0) is 51.7 Å². The number of carbonyl (C=O) groups excluding carboxylic acids is 1. The van der Waals surface area contributed by atoms with Gasteiger partial charge in [0.2, 0.25) is 17.8 Å². The third-order valence-corrected chi connectivity index (χ3v) is 6.77. The average Bonchev–Trinajstić information content (AvgIpc) is 3.55. The van der Waals surface area contributed by atoms with Crippen LogP contribution in [0.15, 0.2) is 30.9 Å². The number of rotatable bonds is 6. The number of aromatic nitrogens is 5. The maximum atomic E-state index is 13.2. The van der Waals surface area contributed by atoms with Crippen molar-refractivity contribution in [2.24, 2.45) is 5.73 Å². The molecule has 3 atom stereocenters. The number of imidazole rings is 1. The van der Waals surface area contributed by atoms with Gasteiger partial charge in [-0.25, -0.2) is 4.98 Å². The third kappa shape index (κ3) is 4.39. The molecule has 3 aromatic heterocycles. The average molecular weight is 452 g/mol. The van der Waals surface area contributed by atoms with Gasteiger partial charge in [0.05, 0.1) is 6.33 Å². The van der Waals surface area contributed by atoms with Crippen LogP contribution in [-0.4, -0.2) is 54.5 Å². The monoisotopic (exact) mass is 451 g/mol. The zero-order valence-corrected chi connectivity index (χ0v) is 19.3. The minimum Gasteiger partial charge on any atom is -0.350 e. The van der Waals surface area contributed by atoms with Crippen molar-refractivity contribution in [3.8, 4) is 0 Å². The van der Waals surface area contributed by atoms with E-state index in [1.807, 2.05) is 38.4 Å². The molecule has 33 heavy (non-hydrogen) atoms. The summed E-state index contributed by atoms with van der Waals surface area (Å²) in [7, 11) is 0. The molecular formula is C23H33N9O. The van der Waals surface area contributed by atoms with E-state index in [1.165, 1.54) is 0 Å².